The summed E-state index contributed by atoms with van der Waals surface area (Å²) in [6, 6.07) is 10.7. The number of benzene rings is 2. The van der Waals surface area contributed by atoms with Gasteiger partial charge in [0, 0.05) is 5.56 Å². The number of amides is 2. The van der Waals surface area contributed by atoms with E-state index in [0.29, 0.717) is 11.3 Å². The van der Waals surface area contributed by atoms with E-state index in [1.54, 1.807) is 12.1 Å². The summed E-state index contributed by atoms with van der Waals surface area (Å²) in [5.41, 5.74) is 7.04. The molecule has 0 saturated carbocycles. The van der Waals surface area contributed by atoms with Crippen molar-refractivity contribution in [3.05, 3.63) is 65.0 Å². The van der Waals surface area contributed by atoms with Crippen LogP contribution in [0.5, 0.6) is 5.75 Å². The average Bonchev–Trinajstić information content (AvgIpc) is 2.53. The second-order valence-corrected chi connectivity index (χ2v) is 5.53. The van der Waals surface area contributed by atoms with Crippen LogP contribution < -0.4 is 15.6 Å². The lowest BCUT2D eigenvalue weighted by atomic mass is 10.1. The molecule has 2 aromatic rings. The van der Waals surface area contributed by atoms with Crippen LogP contribution in [-0.4, -0.2) is 17.9 Å². The van der Waals surface area contributed by atoms with Gasteiger partial charge in [0.25, 0.3) is 11.8 Å². The molecule has 2 amide bonds. The Hall–Kier alpha value is -2.89. The molecule has 0 spiro atoms. The van der Waals surface area contributed by atoms with Crippen LogP contribution in [-0.2, 0) is 4.79 Å². The third kappa shape index (κ3) is 4.81. The van der Waals surface area contributed by atoms with Gasteiger partial charge in [-0.3, -0.25) is 20.4 Å². The molecular formula is C18H19FN2O3. The van der Waals surface area contributed by atoms with Crippen LogP contribution in [0.1, 0.15) is 28.4 Å². The van der Waals surface area contributed by atoms with Crippen LogP contribution in [0.3, 0.4) is 0 Å². The molecule has 2 rings (SSSR count). The fraction of sp³-hybridized carbons (Fsp3) is 0.222. The highest BCUT2D eigenvalue weighted by atomic mass is 19.1. The highest BCUT2D eigenvalue weighted by Gasteiger charge is 2.16. The van der Waals surface area contributed by atoms with E-state index in [-0.39, 0.29) is 5.82 Å². The molecule has 126 valence electrons. The first-order valence-electron chi connectivity index (χ1n) is 7.46. The molecule has 2 aromatic carbocycles. The molecule has 0 bridgehead atoms. The van der Waals surface area contributed by atoms with Gasteiger partial charge in [-0.15, -0.1) is 0 Å². The van der Waals surface area contributed by atoms with Crippen molar-refractivity contribution in [1.82, 2.24) is 10.9 Å². The van der Waals surface area contributed by atoms with E-state index in [1.165, 1.54) is 31.2 Å². The minimum Gasteiger partial charge on any atom is -0.481 e. The van der Waals surface area contributed by atoms with Crippen LogP contribution in [0.15, 0.2) is 42.5 Å². The van der Waals surface area contributed by atoms with Gasteiger partial charge in [-0.05, 0) is 57.2 Å². The van der Waals surface area contributed by atoms with E-state index < -0.39 is 17.9 Å². The summed E-state index contributed by atoms with van der Waals surface area (Å²) in [7, 11) is 0. The summed E-state index contributed by atoms with van der Waals surface area (Å²) in [6.45, 7) is 5.31. The van der Waals surface area contributed by atoms with Crippen LogP contribution in [0.25, 0.3) is 0 Å². The molecule has 24 heavy (non-hydrogen) atoms. The summed E-state index contributed by atoms with van der Waals surface area (Å²) < 4.78 is 18.2. The quantitative estimate of drug-likeness (QED) is 0.847. The summed E-state index contributed by atoms with van der Waals surface area (Å²) in [5.74, 6) is -0.957. The van der Waals surface area contributed by atoms with Crippen molar-refractivity contribution in [2.24, 2.45) is 0 Å². The summed E-state index contributed by atoms with van der Waals surface area (Å²) in [5, 5.41) is 0. The van der Waals surface area contributed by atoms with Crippen LogP contribution >= 0.6 is 0 Å². The van der Waals surface area contributed by atoms with Crippen molar-refractivity contribution in [1.29, 1.82) is 0 Å². The normalized spacial score (nSPS) is 11.5. The molecule has 2 N–H and O–H groups in total. The van der Waals surface area contributed by atoms with Gasteiger partial charge in [0.15, 0.2) is 6.10 Å². The zero-order valence-electron chi connectivity index (χ0n) is 13.7. The number of rotatable bonds is 4. The molecule has 0 aromatic heterocycles. The fourth-order valence-corrected chi connectivity index (χ4v) is 2.17. The molecule has 1 unspecified atom stereocenters. The van der Waals surface area contributed by atoms with E-state index in [9.17, 15) is 14.0 Å². The van der Waals surface area contributed by atoms with E-state index >= 15 is 0 Å². The second-order valence-electron chi connectivity index (χ2n) is 5.53. The Morgan fingerprint density at radius 1 is 1.00 bits per heavy atom. The number of hydrogen-bond acceptors (Lipinski definition) is 3. The van der Waals surface area contributed by atoms with Gasteiger partial charge in [0.2, 0.25) is 0 Å². The summed E-state index contributed by atoms with van der Waals surface area (Å²) >= 11 is 0. The third-order valence-electron chi connectivity index (χ3n) is 3.28. The SMILES string of the molecule is Cc1cc(C)cc(C(=O)NNC(=O)C(C)Oc2ccc(F)cc2)c1. The predicted molar refractivity (Wildman–Crippen MR) is 88.0 cm³/mol. The lowest BCUT2D eigenvalue weighted by Gasteiger charge is -2.15. The molecule has 1 atom stereocenters. The zero-order chi connectivity index (χ0) is 17.7. The van der Waals surface area contributed by atoms with Gasteiger partial charge < -0.3 is 4.74 Å². The van der Waals surface area contributed by atoms with Gasteiger partial charge >= 0.3 is 0 Å². The monoisotopic (exact) mass is 330 g/mol. The zero-order valence-corrected chi connectivity index (χ0v) is 13.7. The maximum absolute atomic E-state index is 12.8. The Bertz CT molecular complexity index is 724. The van der Waals surface area contributed by atoms with Gasteiger partial charge in [-0.25, -0.2) is 4.39 Å². The number of hydrogen-bond donors (Lipinski definition) is 2. The van der Waals surface area contributed by atoms with E-state index in [4.69, 9.17) is 4.74 Å². The average molecular weight is 330 g/mol. The van der Waals surface area contributed by atoms with Gasteiger partial charge in [-0.1, -0.05) is 17.2 Å². The van der Waals surface area contributed by atoms with Crippen LogP contribution in [0.4, 0.5) is 4.39 Å². The first-order chi connectivity index (χ1) is 11.3. The molecule has 0 radical (unpaired) electrons. The van der Waals surface area contributed by atoms with E-state index in [0.717, 1.165) is 11.1 Å². The third-order valence-corrected chi connectivity index (χ3v) is 3.28. The smallest absolute Gasteiger partial charge is 0.279 e. The molecule has 0 aliphatic rings. The number of hydrazine groups is 1. The number of nitrogens with one attached hydrogen (secondary N) is 2. The number of carbonyl (C=O) groups excluding carboxylic acids is 2. The largest absolute Gasteiger partial charge is 0.481 e. The van der Waals surface area contributed by atoms with Gasteiger partial charge in [0.05, 0.1) is 0 Å². The second kappa shape index (κ2) is 7.59. The lowest BCUT2D eigenvalue weighted by Crippen LogP contribution is -2.47. The molecule has 0 aliphatic heterocycles. The minimum absolute atomic E-state index is 0.361. The highest BCUT2D eigenvalue weighted by molar-refractivity contribution is 5.96. The molecule has 6 heteroatoms. The van der Waals surface area contributed by atoms with Crippen molar-refractivity contribution in [2.45, 2.75) is 26.9 Å². The minimum atomic E-state index is -0.852. The Balaban J connectivity index is 1.89. The number of ether oxygens (including phenoxy) is 1. The lowest BCUT2D eigenvalue weighted by molar-refractivity contribution is -0.128. The van der Waals surface area contributed by atoms with Crippen molar-refractivity contribution < 1.29 is 18.7 Å². The topological polar surface area (TPSA) is 67.4 Å². The first kappa shape index (κ1) is 17.5. The Morgan fingerprint density at radius 2 is 1.58 bits per heavy atom. The summed E-state index contributed by atoms with van der Waals surface area (Å²) in [6.07, 6.45) is -0.852. The van der Waals surface area contributed by atoms with Crippen LogP contribution in [0, 0.1) is 19.7 Å². The predicted octanol–water partition coefficient (Wildman–Crippen LogP) is 2.67. The number of aryl methyl sites for hydroxylation is 2. The highest BCUT2D eigenvalue weighted by Crippen LogP contribution is 2.13. The van der Waals surface area contributed by atoms with Gasteiger partial charge in [0.1, 0.15) is 11.6 Å². The molecule has 5 nitrogen and oxygen atoms in total. The molecular weight excluding hydrogens is 311 g/mol. The van der Waals surface area contributed by atoms with Gasteiger partial charge in [-0.2, -0.15) is 0 Å². The maximum atomic E-state index is 12.8. The van der Waals surface area contributed by atoms with Crippen molar-refractivity contribution >= 4 is 11.8 Å². The van der Waals surface area contributed by atoms with Crippen molar-refractivity contribution in [3.8, 4) is 5.75 Å². The molecule has 0 heterocycles. The van der Waals surface area contributed by atoms with E-state index in [1.807, 2.05) is 19.9 Å². The standard InChI is InChI=1S/C18H19FN2O3/c1-11-8-12(2)10-14(9-11)18(23)21-20-17(22)13(3)24-16-6-4-15(19)5-7-16/h4-10,13H,1-3H3,(H,20,22)(H,21,23). The van der Waals surface area contributed by atoms with Crippen molar-refractivity contribution in [2.75, 3.05) is 0 Å². The first-order valence-corrected chi connectivity index (χ1v) is 7.46. The molecule has 0 fully saturated rings. The molecule has 0 aliphatic carbocycles. The Morgan fingerprint density at radius 3 is 2.17 bits per heavy atom. The van der Waals surface area contributed by atoms with Crippen molar-refractivity contribution in [3.63, 3.8) is 0 Å². The summed E-state index contributed by atoms with van der Waals surface area (Å²) in [4.78, 5) is 24.0. The Kier molecular flexibility index (Phi) is 5.52. The number of carbonyl (C=O) groups is 2. The van der Waals surface area contributed by atoms with Crippen LogP contribution in [0.2, 0.25) is 0 Å². The Labute approximate surface area is 139 Å². The molecule has 0 saturated heterocycles. The maximum Gasteiger partial charge on any atom is 0.279 e. The fourth-order valence-electron chi connectivity index (χ4n) is 2.17. The number of halogens is 1. The van der Waals surface area contributed by atoms with E-state index in [2.05, 4.69) is 10.9 Å².